The van der Waals surface area contributed by atoms with E-state index in [2.05, 4.69) is 0 Å². The number of hydrogen-bond donors (Lipinski definition) is 0. The average molecular weight is 413 g/mol. The largest absolute Gasteiger partial charge is 0.426 e. The summed E-state index contributed by atoms with van der Waals surface area (Å²) in [6.45, 7) is 2.29. The summed E-state index contributed by atoms with van der Waals surface area (Å²) < 4.78 is 5.49. The standard InChI is InChI=1S/C26H23NO4/c1-18(19-8-4-2-5-9-19)27-17-22(16-24(27)28)26(30)31-23-14-12-21(13-15-23)25(29)20-10-6-3-7-11-20/h2-15,18,22H,16-17H2,1H3/t18-,22-/m1/s1. The van der Waals surface area contributed by atoms with Crippen LogP contribution in [0, 0.1) is 5.92 Å². The lowest BCUT2D eigenvalue weighted by molar-refractivity contribution is -0.139. The number of esters is 1. The SMILES string of the molecule is C[C@H](c1ccccc1)N1C[C@H](C(=O)Oc2ccc(C(=O)c3ccccc3)cc2)CC1=O. The van der Waals surface area contributed by atoms with Crippen LogP contribution < -0.4 is 4.74 Å². The molecule has 0 aromatic heterocycles. The van der Waals surface area contributed by atoms with Crippen LogP contribution in [0.3, 0.4) is 0 Å². The quantitative estimate of drug-likeness (QED) is 0.341. The summed E-state index contributed by atoms with van der Waals surface area (Å²) in [7, 11) is 0. The van der Waals surface area contributed by atoms with Crippen molar-refractivity contribution in [2.75, 3.05) is 6.54 Å². The molecular weight excluding hydrogens is 390 g/mol. The van der Waals surface area contributed by atoms with E-state index in [1.165, 1.54) is 0 Å². The van der Waals surface area contributed by atoms with Crippen LogP contribution in [0.2, 0.25) is 0 Å². The minimum atomic E-state index is -0.510. The van der Waals surface area contributed by atoms with Gasteiger partial charge in [0, 0.05) is 24.1 Å². The average Bonchev–Trinajstić information content (AvgIpc) is 3.21. The molecule has 3 aromatic rings. The molecule has 0 N–H and O–H groups in total. The maximum Gasteiger partial charge on any atom is 0.316 e. The van der Waals surface area contributed by atoms with E-state index in [1.54, 1.807) is 41.3 Å². The predicted molar refractivity (Wildman–Crippen MR) is 117 cm³/mol. The first-order valence-corrected chi connectivity index (χ1v) is 10.3. The first-order chi connectivity index (χ1) is 15.0. The van der Waals surface area contributed by atoms with Crippen molar-refractivity contribution < 1.29 is 19.1 Å². The second-order valence-electron chi connectivity index (χ2n) is 7.67. The molecule has 2 atom stereocenters. The van der Waals surface area contributed by atoms with Gasteiger partial charge >= 0.3 is 5.97 Å². The highest BCUT2D eigenvalue weighted by atomic mass is 16.5. The molecule has 1 aliphatic heterocycles. The molecule has 0 aliphatic carbocycles. The summed E-state index contributed by atoms with van der Waals surface area (Å²) in [6, 6.07) is 25.1. The van der Waals surface area contributed by atoms with Gasteiger partial charge in [-0.3, -0.25) is 14.4 Å². The van der Waals surface area contributed by atoms with Crippen molar-refractivity contribution in [2.45, 2.75) is 19.4 Å². The molecule has 1 aliphatic rings. The van der Waals surface area contributed by atoms with E-state index in [9.17, 15) is 14.4 Å². The summed E-state index contributed by atoms with van der Waals surface area (Å²) in [5.74, 6) is -0.730. The van der Waals surface area contributed by atoms with E-state index in [1.807, 2.05) is 55.5 Å². The number of ketones is 1. The number of likely N-dealkylation sites (tertiary alicyclic amines) is 1. The smallest absolute Gasteiger partial charge is 0.316 e. The molecule has 1 heterocycles. The van der Waals surface area contributed by atoms with E-state index in [0.29, 0.717) is 23.4 Å². The third kappa shape index (κ3) is 4.56. The Morgan fingerprint density at radius 3 is 2.10 bits per heavy atom. The van der Waals surface area contributed by atoms with Gasteiger partial charge in [0.2, 0.25) is 5.91 Å². The molecule has 0 saturated carbocycles. The van der Waals surface area contributed by atoms with Gasteiger partial charge in [-0.1, -0.05) is 60.7 Å². The van der Waals surface area contributed by atoms with Crippen LogP contribution in [-0.2, 0) is 9.59 Å². The summed E-state index contributed by atoms with van der Waals surface area (Å²) >= 11 is 0. The van der Waals surface area contributed by atoms with Crippen LogP contribution in [0.15, 0.2) is 84.9 Å². The first kappa shape index (κ1) is 20.5. The van der Waals surface area contributed by atoms with Gasteiger partial charge in [0.15, 0.2) is 5.78 Å². The van der Waals surface area contributed by atoms with Crippen LogP contribution in [-0.4, -0.2) is 29.1 Å². The monoisotopic (exact) mass is 413 g/mol. The molecule has 1 saturated heterocycles. The van der Waals surface area contributed by atoms with E-state index >= 15 is 0 Å². The van der Waals surface area contributed by atoms with Crippen molar-refractivity contribution in [2.24, 2.45) is 5.92 Å². The summed E-state index contributed by atoms with van der Waals surface area (Å²) in [4.78, 5) is 39.3. The van der Waals surface area contributed by atoms with Crippen molar-refractivity contribution in [1.29, 1.82) is 0 Å². The van der Waals surface area contributed by atoms with Gasteiger partial charge in [-0.2, -0.15) is 0 Å². The molecule has 0 spiro atoms. The maximum absolute atomic E-state index is 12.6. The maximum atomic E-state index is 12.6. The zero-order valence-electron chi connectivity index (χ0n) is 17.2. The van der Waals surface area contributed by atoms with Crippen molar-refractivity contribution in [3.63, 3.8) is 0 Å². The summed E-state index contributed by atoms with van der Waals surface area (Å²) in [5, 5.41) is 0. The second-order valence-corrected chi connectivity index (χ2v) is 7.67. The van der Waals surface area contributed by atoms with Crippen molar-refractivity contribution in [3.05, 3.63) is 102 Å². The van der Waals surface area contributed by atoms with Gasteiger partial charge in [0.1, 0.15) is 5.75 Å². The molecule has 156 valence electrons. The topological polar surface area (TPSA) is 63.7 Å². The fourth-order valence-electron chi connectivity index (χ4n) is 3.81. The molecule has 0 bridgehead atoms. The molecule has 31 heavy (non-hydrogen) atoms. The van der Waals surface area contributed by atoms with Crippen LogP contribution in [0.1, 0.15) is 40.9 Å². The number of benzene rings is 3. The van der Waals surface area contributed by atoms with E-state index in [-0.39, 0.29) is 24.2 Å². The van der Waals surface area contributed by atoms with E-state index < -0.39 is 11.9 Å². The van der Waals surface area contributed by atoms with Gasteiger partial charge in [0.05, 0.1) is 12.0 Å². The Bertz CT molecular complexity index is 1080. The zero-order valence-corrected chi connectivity index (χ0v) is 17.2. The number of carbonyl (C=O) groups is 3. The molecular formula is C26H23NO4. The van der Waals surface area contributed by atoms with Crippen molar-refractivity contribution in [1.82, 2.24) is 4.90 Å². The number of carbonyl (C=O) groups excluding carboxylic acids is 3. The van der Waals surface area contributed by atoms with Gasteiger partial charge in [-0.05, 0) is 36.8 Å². The Kier molecular flexibility index (Phi) is 5.94. The van der Waals surface area contributed by atoms with Crippen LogP contribution >= 0.6 is 0 Å². The van der Waals surface area contributed by atoms with Crippen LogP contribution in [0.4, 0.5) is 0 Å². The number of hydrogen-bond acceptors (Lipinski definition) is 4. The number of ether oxygens (including phenoxy) is 1. The fraction of sp³-hybridized carbons (Fsp3) is 0.192. The highest BCUT2D eigenvalue weighted by Gasteiger charge is 2.38. The van der Waals surface area contributed by atoms with Gasteiger partial charge in [0.25, 0.3) is 0 Å². The first-order valence-electron chi connectivity index (χ1n) is 10.3. The van der Waals surface area contributed by atoms with Gasteiger partial charge in [-0.15, -0.1) is 0 Å². The molecule has 5 nitrogen and oxygen atoms in total. The summed E-state index contributed by atoms with van der Waals surface area (Å²) in [5.41, 5.74) is 2.15. The molecule has 0 radical (unpaired) electrons. The van der Waals surface area contributed by atoms with Crippen LogP contribution in [0.25, 0.3) is 0 Å². The minimum absolute atomic E-state index is 0.0536. The van der Waals surface area contributed by atoms with Gasteiger partial charge < -0.3 is 9.64 Å². The zero-order chi connectivity index (χ0) is 21.8. The minimum Gasteiger partial charge on any atom is -0.426 e. The molecule has 3 aromatic carbocycles. The normalized spacial score (nSPS) is 16.7. The van der Waals surface area contributed by atoms with Gasteiger partial charge in [-0.25, -0.2) is 0 Å². The third-order valence-electron chi connectivity index (χ3n) is 5.61. The Morgan fingerprint density at radius 1 is 0.871 bits per heavy atom. The summed E-state index contributed by atoms with van der Waals surface area (Å²) in [6.07, 6.45) is 0.139. The predicted octanol–water partition coefficient (Wildman–Crippen LogP) is 4.43. The lowest BCUT2D eigenvalue weighted by Gasteiger charge is -2.25. The highest BCUT2D eigenvalue weighted by molar-refractivity contribution is 6.09. The number of nitrogens with zero attached hydrogens (tertiary/aromatic N) is 1. The lowest BCUT2D eigenvalue weighted by atomic mass is 10.0. The Balaban J connectivity index is 1.38. The van der Waals surface area contributed by atoms with E-state index in [0.717, 1.165) is 5.56 Å². The molecule has 1 amide bonds. The molecule has 1 fully saturated rings. The molecule has 0 unspecified atom stereocenters. The Hall–Kier alpha value is -3.73. The Labute approximate surface area is 181 Å². The van der Waals surface area contributed by atoms with E-state index in [4.69, 9.17) is 4.74 Å². The number of rotatable bonds is 6. The molecule has 5 heteroatoms. The fourth-order valence-corrected chi connectivity index (χ4v) is 3.81. The Morgan fingerprint density at radius 2 is 1.45 bits per heavy atom. The third-order valence-corrected chi connectivity index (χ3v) is 5.61. The van der Waals surface area contributed by atoms with Crippen molar-refractivity contribution >= 4 is 17.7 Å². The molecule has 4 rings (SSSR count). The highest BCUT2D eigenvalue weighted by Crippen LogP contribution is 2.29. The van der Waals surface area contributed by atoms with Crippen molar-refractivity contribution in [3.8, 4) is 5.75 Å². The second kappa shape index (κ2) is 8.96. The number of amides is 1. The van der Waals surface area contributed by atoms with Crippen LogP contribution in [0.5, 0.6) is 5.75 Å². The lowest BCUT2D eigenvalue weighted by Crippen LogP contribution is -2.30.